The number of nitrogen functional groups attached to an aromatic ring is 1. The maximum Gasteiger partial charge on any atom is 0.234 e. The lowest BCUT2D eigenvalue weighted by Crippen LogP contribution is -2.26. The van der Waals surface area contributed by atoms with Crippen LogP contribution in [0.3, 0.4) is 0 Å². The highest BCUT2D eigenvalue weighted by molar-refractivity contribution is 6.02. The number of fused-ring (bicyclic) bond motifs is 1. The van der Waals surface area contributed by atoms with E-state index in [2.05, 4.69) is 22.1 Å². The molecule has 1 aliphatic carbocycles. The van der Waals surface area contributed by atoms with E-state index in [9.17, 15) is 4.79 Å². The number of carbonyl (C=O) groups excluding carboxylic acids is 1. The number of carbonyl (C=O) groups is 1. The molecule has 33 heavy (non-hydrogen) atoms. The Bertz CT molecular complexity index is 1410. The lowest BCUT2D eigenvalue weighted by Gasteiger charge is -2.19. The smallest absolute Gasteiger partial charge is 0.234 e. The van der Waals surface area contributed by atoms with Crippen molar-refractivity contribution >= 4 is 28.4 Å². The van der Waals surface area contributed by atoms with Gasteiger partial charge in [-0.05, 0) is 54.5 Å². The van der Waals surface area contributed by atoms with Crippen molar-refractivity contribution in [1.82, 2.24) is 14.5 Å². The van der Waals surface area contributed by atoms with Crippen LogP contribution in [0.5, 0.6) is 0 Å². The van der Waals surface area contributed by atoms with E-state index >= 15 is 4.39 Å². The van der Waals surface area contributed by atoms with Crippen LogP contribution in [0.4, 0.5) is 15.9 Å². The van der Waals surface area contributed by atoms with E-state index in [0.29, 0.717) is 46.1 Å². The average Bonchev–Trinajstić information content (AvgIpc) is 3.51. The van der Waals surface area contributed by atoms with Crippen LogP contribution in [0.2, 0.25) is 0 Å². The number of anilines is 2. The summed E-state index contributed by atoms with van der Waals surface area (Å²) in [5.41, 5.74) is 10.8. The zero-order valence-corrected chi connectivity index (χ0v) is 18.3. The summed E-state index contributed by atoms with van der Waals surface area (Å²) in [6.07, 6.45) is 6.33. The van der Waals surface area contributed by atoms with Gasteiger partial charge in [-0.15, -0.1) is 0 Å². The molecule has 0 radical (unpaired) electrons. The minimum atomic E-state index is -0.405. The molecule has 2 aromatic carbocycles. The van der Waals surface area contributed by atoms with Crippen molar-refractivity contribution in [2.75, 3.05) is 17.2 Å². The summed E-state index contributed by atoms with van der Waals surface area (Å²) in [6.45, 7) is 0.580. The molecule has 2 N–H and O–H groups in total. The first-order valence-electron chi connectivity index (χ1n) is 11.3. The number of hydrogen-bond acceptors (Lipinski definition) is 4. The number of nitrogens with zero attached hydrogens (tertiary/aromatic N) is 4. The molecule has 1 unspecified atom stereocenters. The second-order valence-electron chi connectivity index (χ2n) is 9.01. The highest BCUT2D eigenvalue weighted by atomic mass is 19.1. The first kappa shape index (κ1) is 19.9. The van der Waals surface area contributed by atoms with Gasteiger partial charge in [0.25, 0.3) is 0 Å². The summed E-state index contributed by atoms with van der Waals surface area (Å²) >= 11 is 0. The number of hydrogen-bond donors (Lipinski definition) is 1. The van der Waals surface area contributed by atoms with Gasteiger partial charge in [-0.2, -0.15) is 0 Å². The number of aromatic nitrogens is 3. The highest BCUT2D eigenvalue weighted by Gasteiger charge is 2.37. The Kier molecular flexibility index (Phi) is 4.47. The molecule has 166 valence electrons. The molecule has 1 saturated heterocycles. The van der Waals surface area contributed by atoms with E-state index in [1.165, 1.54) is 30.8 Å². The van der Waals surface area contributed by atoms with E-state index in [1.807, 2.05) is 29.8 Å². The highest BCUT2D eigenvalue weighted by Crippen LogP contribution is 2.45. The molecule has 1 amide bonds. The molecule has 0 spiro atoms. The van der Waals surface area contributed by atoms with E-state index in [4.69, 9.17) is 5.73 Å². The predicted molar refractivity (Wildman–Crippen MR) is 126 cm³/mol. The average molecular weight is 442 g/mol. The standard InChI is InChI=1S/C26H24FN5O/c1-31-13-21(23-24(28)29-14-30-25(23)31)19-9-8-16(12-22(19)27)32-11-10-20(26(32)33)18-5-3-2-4-17(18)15-6-7-15/h2-5,8-9,12-15,20H,6-7,10-11H2,1H3,(H2,28,29,30). The number of amides is 1. The Labute approximate surface area is 190 Å². The van der Waals surface area contributed by atoms with Crippen LogP contribution in [-0.2, 0) is 11.8 Å². The van der Waals surface area contributed by atoms with Crippen LogP contribution in [-0.4, -0.2) is 27.0 Å². The summed E-state index contributed by atoms with van der Waals surface area (Å²) in [4.78, 5) is 23.4. The number of benzene rings is 2. The third kappa shape index (κ3) is 3.18. The van der Waals surface area contributed by atoms with E-state index < -0.39 is 5.82 Å². The van der Waals surface area contributed by atoms with Gasteiger partial charge in [-0.1, -0.05) is 24.3 Å². The first-order valence-corrected chi connectivity index (χ1v) is 11.3. The molecule has 1 saturated carbocycles. The zero-order valence-electron chi connectivity index (χ0n) is 18.3. The van der Waals surface area contributed by atoms with Crippen LogP contribution >= 0.6 is 0 Å². The fourth-order valence-corrected chi connectivity index (χ4v) is 5.15. The van der Waals surface area contributed by atoms with Gasteiger partial charge in [0, 0.05) is 36.6 Å². The van der Waals surface area contributed by atoms with E-state index in [-0.39, 0.29) is 11.8 Å². The fraction of sp³-hybridized carbons (Fsp3) is 0.269. The van der Waals surface area contributed by atoms with Gasteiger partial charge >= 0.3 is 0 Å². The minimum absolute atomic E-state index is 0.0399. The zero-order chi connectivity index (χ0) is 22.7. The van der Waals surface area contributed by atoms with Gasteiger partial charge in [-0.3, -0.25) is 4.79 Å². The monoisotopic (exact) mass is 441 g/mol. The molecule has 2 aromatic heterocycles. The molecule has 4 aromatic rings. The van der Waals surface area contributed by atoms with E-state index in [1.54, 1.807) is 17.2 Å². The summed E-state index contributed by atoms with van der Waals surface area (Å²) in [6, 6.07) is 13.3. The third-order valence-corrected chi connectivity index (χ3v) is 6.93. The van der Waals surface area contributed by atoms with Gasteiger partial charge in [-0.25, -0.2) is 14.4 Å². The molecular formula is C26H24FN5O. The molecule has 1 atom stereocenters. The van der Waals surface area contributed by atoms with Crippen molar-refractivity contribution in [3.63, 3.8) is 0 Å². The molecule has 2 aliphatic rings. The molecule has 7 heteroatoms. The molecule has 6 rings (SSSR count). The number of halogens is 1. The van der Waals surface area contributed by atoms with Crippen molar-refractivity contribution in [2.45, 2.75) is 31.1 Å². The van der Waals surface area contributed by atoms with Gasteiger partial charge in [0.15, 0.2) is 0 Å². The Balaban J connectivity index is 1.33. The number of rotatable bonds is 4. The molecule has 1 aliphatic heterocycles. The predicted octanol–water partition coefficient (Wildman–Crippen LogP) is 4.75. The van der Waals surface area contributed by atoms with E-state index in [0.717, 1.165) is 12.0 Å². The quantitative estimate of drug-likeness (QED) is 0.496. The Morgan fingerprint density at radius 2 is 1.82 bits per heavy atom. The fourth-order valence-electron chi connectivity index (χ4n) is 5.15. The Hall–Kier alpha value is -3.74. The second kappa shape index (κ2) is 7.40. The van der Waals surface area contributed by atoms with Crippen molar-refractivity contribution in [3.8, 4) is 11.1 Å². The summed E-state index contributed by atoms with van der Waals surface area (Å²) in [5, 5.41) is 0.626. The van der Waals surface area contributed by atoms with Gasteiger partial charge in [0.05, 0.1) is 11.3 Å². The first-order chi connectivity index (χ1) is 16.0. The summed E-state index contributed by atoms with van der Waals surface area (Å²) in [5.74, 6) is 0.360. The minimum Gasteiger partial charge on any atom is -0.383 e. The SMILES string of the molecule is Cn1cc(-c2ccc(N3CCC(c4ccccc4C4CC4)C3=O)cc2F)c2c(N)ncnc21. The summed E-state index contributed by atoms with van der Waals surface area (Å²) < 4.78 is 17.2. The maximum atomic E-state index is 15.4. The molecule has 2 fully saturated rings. The van der Waals surface area contributed by atoms with Crippen LogP contribution < -0.4 is 10.6 Å². The van der Waals surface area contributed by atoms with Crippen molar-refractivity contribution in [2.24, 2.45) is 7.05 Å². The van der Waals surface area contributed by atoms with Crippen LogP contribution in [0.15, 0.2) is 55.0 Å². The van der Waals surface area contributed by atoms with Crippen molar-refractivity contribution in [1.29, 1.82) is 0 Å². The lowest BCUT2D eigenvalue weighted by molar-refractivity contribution is -0.118. The Morgan fingerprint density at radius 3 is 2.58 bits per heavy atom. The normalized spacial score (nSPS) is 18.4. The molecule has 3 heterocycles. The second-order valence-corrected chi connectivity index (χ2v) is 9.01. The largest absolute Gasteiger partial charge is 0.383 e. The maximum absolute atomic E-state index is 15.4. The van der Waals surface area contributed by atoms with Crippen molar-refractivity contribution < 1.29 is 9.18 Å². The third-order valence-electron chi connectivity index (χ3n) is 6.93. The molecule has 6 nitrogen and oxygen atoms in total. The Morgan fingerprint density at radius 1 is 1.03 bits per heavy atom. The topological polar surface area (TPSA) is 77.0 Å². The number of aryl methyl sites for hydroxylation is 1. The van der Waals surface area contributed by atoms with Gasteiger partial charge in [0.1, 0.15) is 23.6 Å². The van der Waals surface area contributed by atoms with Crippen LogP contribution in [0.25, 0.3) is 22.2 Å². The van der Waals surface area contributed by atoms with Gasteiger partial charge in [0.2, 0.25) is 5.91 Å². The summed E-state index contributed by atoms with van der Waals surface area (Å²) in [7, 11) is 1.84. The lowest BCUT2D eigenvalue weighted by atomic mass is 9.91. The molecular weight excluding hydrogens is 417 g/mol. The number of nitrogens with two attached hydrogens (primary N) is 1. The van der Waals surface area contributed by atoms with Crippen LogP contribution in [0.1, 0.15) is 42.2 Å². The molecule has 0 bridgehead atoms. The van der Waals surface area contributed by atoms with Crippen molar-refractivity contribution in [3.05, 3.63) is 71.9 Å². The van der Waals surface area contributed by atoms with Gasteiger partial charge < -0.3 is 15.2 Å². The van der Waals surface area contributed by atoms with Crippen LogP contribution in [0, 0.1) is 5.82 Å².